The highest BCUT2D eigenvalue weighted by molar-refractivity contribution is 5.91. The summed E-state index contributed by atoms with van der Waals surface area (Å²) in [4.78, 5) is 11.5. The Morgan fingerprint density at radius 2 is 2.00 bits per heavy atom. The third-order valence-electron chi connectivity index (χ3n) is 2.73. The fraction of sp³-hybridized carbons (Fsp3) is 0.417. The van der Waals surface area contributed by atoms with Gasteiger partial charge >= 0.3 is 6.18 Å². The van der Waals surface area contributed by atoms with E-state index < -0.39 is 29.2 Å². The summed E-state index contributed by atoms with van der Waals surface area (Å²) in [6.07, 6.45) is -2.61. The Morgan fingerprint density at radius 1 is 1.33 bits per heavy atom. The van der Waals surface area contributed by atoms with Crippen LogP contribution in [0.5, 0.6) is 0 Å². The molecular weight excluding hydrogens is 250 g/mol. The molecule has 0 unspecified atom stereocenters. The molecule has 1 N–H and O–H groups in total. The summed E-state index contributed by atoms with van der Waals surface area (Å²) in [5, 5.41) is 2.19. The molecule has 1 fully saturated rings. The molecule has 1 aromatic carbocycles. The third kappa shape index (κ3) is 3.21. The van der Waals surface area contributed by atoms with Crippen molar-refractivity contribution in [1.29, 1.82) is 0 Å². The molecule has 0 aromatic heterocycles. The Hall–Kier alpha value is -1.59. The maximum Gasteiger partial charge on any atom is 0.418 e. The number of alkyl halides is 3. The molecule has 98 valence electrons. The number of halogens is 4. The first-order chi connectivity index (χ1) is 8.36. The van der Waals surface area contributed by atoms with Gasteiger partial charge in [0.1, 0.15) is 5.82 Å². The van der Waals surface area contributed by atoms with E-state index >= 15 is 0 Å². The van der Waals surface area contributed by atoms with E-state index in [9.17, 15) is 22.4 Å². The van der Waals surface area contributed by atoms with Gasteiger partial charge in [-0.15, -0.1) is 0 Å². The van der Waals surface area contributed by atoms with E-state index in [1.165, 1.54) is 0 Å². The van der Waals surface area contributed by atoms with Crippen molar-refractivity contribution in [2.75, 3.05) is 5.32 Å². The van der Waals surface area contributed by atoms with Crippen LogP contribution in [0.15, 0.2) is 18.2 Å². The van der Waals surface area contributed by atoms with Crippen LogP contribution in [0.3, 0.4) is 0 Å². The average Bonchev–Trinajstić information content (AvgIpc) is 3.03. The van der Waals surface area contributed by atoms with Gasteiger partial charge in [0.05, 0.1) is 11.3 Å². The van der Waals surface area contributed by atoms with Crippen LogP contribution in [-0.2, 0) is 11.0 Å². The van der Waals surface area contributed by atoms with Gasteiger partial charge in [-0.2, -0.15) is 13.2 Å². The lowest BCUT2D eigenvalue weighted by Crippen LogP contribution is -2.17. The van der Waals surface area contributed by atoms with Crippen LogP contribution in [0.25, 0.3) is 0 Å². The average molecular weight is 261 g/mol. The van der Waals surface area contributed by atoms with Gasteiger partial charge in [-0.25, -0.2) is 4.39 Å². The predicted molar refractivity (Wildman–Crippen MR) is 57.4 cm³/mol. The van der Waals surface area contributed by atoms with Crippen LogP contribution in [0.2, 0.25) is 0 Å². The van der Waals surface area contributed by atoms with Gasteiger partial charge < -0.3 is 5.32 Å². The van der Waals surface area contributed by atoms with E-state index in [1.54, 1.807) is 0 Å². The van der Waals surface area contributed by atoms with Gasteiger partial charge in [-0.3, -0.25) is 4.79 Å². The molecule has 18 heavy (non-hydrogen) atoms. The smallest absolute Gasteiger partial charge is 0.325 e. The van der Waals surface area contributed by atoms with Crippen molar-refractivity contribution >= 4 is 11.6 Å². The molecule has 0 saturated heterocycles. The number of amides is 1. The summed E-state index contributed by atoms with van der Waals surface area (Å²) < 4.78 is 50.7. The molecular formula is C12H11F4NO. The normalized spacial score (nSPS) is 15.6. The number of anilines is 1. The number of rotatable bonds is 3. The van der Waals surface area contributed by atoms with Crippen LogP contribution in [0, 0.1) is 11.7 Å². The highest BCUT2D eigenvalue weighted by Gasteiger charge is 2.34. The maximum absolute atomic E-state index is 12.8. The topological polar surface area (TPSA) is 29.1 Å². The number of hydrogen-bond acceptors (Lipinski definition) is 1. The molecule has 2 rings (SSSR count). The molecule has 0 aliphatic heterocycles. The minimum atomic E-state index is -4.69. The Labute approximate surface area is 101 Å². The number of benzene rings is 1. The lowest BCUT2D eigenvalue weighted by atomic mass is 10.1. The lowest BCUT2D eigenvalue weighted by Gasteiger charge is -2.13. The quantitative estimate of drug-likeness (QED) is 0.828. The van der Waals surface area contributed by atoms with Crippen molar-refractivity contribution in [2.45, 2.75) is 25.4 Å². The Bertz CT molecular complexity index is 466. The van der Waals surface area contributed by atoms with Crippen LogP contribution in [0.1, 0.15) is 24.8 Å². The van der Waals surface area contributed by atoms with Crippen molar-refractivity contribution in [2.24, 2.45) is 5.92 Å². The highest BCUT2D eigenvalue weighted by Crippen LogP contribution is 2.36. The van der Waals surface area contributed by atoms with Crippen molar-refractivity contribution in [3.8, 4) is 0 Å². The zero-order chi connectivity index (χ0) is 13.3. The van der Waals surface area contributed by atoms with E-state index in [0.29, 0.717) is 6.07 Å². The summed E-state index contributed by atoms with van der Waals surface area (Å²) in [6, 6.07) is 2.21. The van der Waals surface area contributed by atoms with Crippen molar-refractivity contribution < 1.29 is 22.4 Å². The van der Waals surface area contributed by atoms with E-state index in [0.717, 1.165) is 25.0 Å². The molecule has 0 bridgehead atoms. The molecule has 1 aliphatic carbocycles. The first-order valence-electron chi connectivity index (χ1n) is 5.53. The van der Waals surface area contributed by atoms with Gasteiger partial charge in [0, 0.05) is 6.42 Å². The van der Waals surface area contributed by atoms with E-state index in [-0.39, 0.29) is 12.3 Å². The first kappa shape index (κ1) is 12.9. The number of nitrogens with one attached hydrogen (secondary N) is 1. The van der Waals surface area contributed by atoms with E-state index in [4.69, 9.17) is 0 Å². The monoisotopic (exact) mass is 261 g/mol. The van der Waals surface area contributed by atoms with Gasteiger partial charge in [-0.05, 0) is 37.0 Å². The van der Waals surface area contributed by atoms with Gasteiger partial charge in [0.15, 0.2) is 0 Å². The summed E-state index contributed by atoms with van der Waals surface area (Å²) in [6.45, 7) is 0. The molecule has 1 aromatic rings. The molecule has 0 heterocycles. The number of carbonyl (C=O) groups excluding carboxylic acids is 1. The van der Waals surface area contributed by atoms with Crippen LogP contribution in [-0.4, -0.2) is 5.91 Å². The molecule has 0 spiro atoms. The molecule has 0 radical (unpaired) electrons. The summed E-state index contributed by atoms with van der Waals surface area (Å²) >= 11 is 0. The van der Waals surface area contributed by atoms with E-state index in [1.807, 2.05) is 0 Å². The highest BCUT2D eigenvalue weighted by atomic mass is 19.4. The van der Waals surface area contributed by atoms with Crippen LogP contribution < -0.4 is 5.32 Å². The largest absolute Gasteiger partial charge is 0.418 e. The lowest BCUT2D eigenvalue weighted by molar-refractivity contribution is -0.137. The molecule has 0 atom stereocenters. The Morgan fingerprint density at radius 3 is 2.56 bits per heavy atom. The van der Waals surface area contributed by atoms with E-state index in [2.05, 4.69) is 5.32 Å². The SMILES string of the molecule is O=C(CC1CC1)Nc1ccc(F)cc1C(F)(F)F. The van der Waals surface area contributed by atoms with Crippen molar-refractivity contribution in [3.05, 3.63) is 29.6 Å². The van der Waals surface area contributed by atoms with Crippen LogP contribution >= 0.6 is 0 Å². The van der Waals surface area contributed by atoms with Crippen LogP contribution in [0.4, 0.5) is 23.2 Å². The Balaban J connectivity index is 2.17. The standard InChI is InChI=1S/C12H11F4NO/c13-8-3-4-10(9(6-8)12(14,15)16)17-11(18)5-7-1-2-7/h3-4,6-7H,1-2,5H2,(H,17,18). The number of hydrogen-bond donors (Lipinski definition) is 1. The van der Waals surface area contributed by atoms with Crippen molar-refractivity contribution in [1.82, 2.24) is 0 Å². The molecule has 1 amide bonds. The molecule has 2 nitrogen and oxygen atoms in total. The molecule has 1 aliphatic rings. The summed E-state index contributed by atoms with van der Waals surface area (Å²) in [7, 11) is 0. The zero-order valence-electron chi connectivity index (χ0n) is 9.35. The van der Waals surface area contributed by atoms with Crippen molar-refractivity contribution in [3.63, 3.8) is 0 Å². The second-order valence-electron chi connectivity index (χ2n) is 4.38. The van der Waals surface area contributed by atoms with Gasteiger partial charge in [0.25, 0.3) is 0 Å². The fourth-order valence-corrected chi connectivity index (χ4v) is 1.65. The second kappa shape index (κ2) is 4.59. The number of carbonyl (C=O) groups is 1. The third-order valence-corrected chi connectivity index (χ3v) is 2.73. The summed E-state index contributed by atoms with van der Waals surface area (Å²) in [5.74, 6) is -1.17. The minimum absolute atomic E-state index is 0.217. The molecule has 1 saturated carbocycles. The van der Waals surface area contributed by atoms with Gasteiger partial charge in [0.2, 0.25) is 5.91 Å². The minimum Gasteiger partial charge on any atom is -0.325 e. The molecule has 6 heteroatoms. The predicted octanol–water partition coefficient (Wildman–Crippen LogP) is 3.58. The zero-order valence-corrected chi connectivity index (χ0v) is 9.35. The summed E-state index contributed by atoms with van der Waals surface area (Å²) in [5.41, 5.74) is -1.55. The second-order valence-corrected chi connectivity index (χ2v) is 4.38. The fourth-order valence-electron chi connectivity index (χ4n) is 1.65. The first-order valence-corrected chi connectivity index (χ1v) is 5.53. The maximum atomic E-state index is 12.8. The van der Waals surface area contributed by atoms with Gasteiger partial charge in [-0.1, -0.05) is 0 Å². The Kier molecular flexibility index (Phi) is 3.28.